The topological polar surface area (TPSA) is 52.6 Å². The number of hydrogen-bond acceptors (Lipinski definition) is 3. The number of likely N-dealkylation sites (tertiary alicyclic amines) is 1. The Bertz CT molecular complexity index is 229. The van der Waals surface area contributed by atoms with Crippen LogP contribution in [0.5, 0.6) is 0 Å². The summed E-state index contributed by atoms with van der Waals surface area (Å²) in [5.41, 5.74) is 0. The highest BCUT2D eigenvalue weighted by molar-refractivity contribution is 5.78. The second kappa shape index (κ2) is 5.88. The molecule has 86 valence electrons. The molecule has 0 aromatic heterocycles. The van der Waals surface area contributed by atoms with E-state index in [4.69, 9.17) is 5.11 Å². The van der Waals surface area contributed by atoms with Gasteiger partial charge >= 0.3 is 0 Å². The first-order valence-electron chi connectivity index (χ1n) is 5.42. The van der Waals surface area contributed by atoms with Gasteiger partial charge < -0.3 is 15.3 Å². The third-order valence-electron chi connectivity index (χ3n) is 2.58. The number of carbonyl (C=O) groups excluding carboxylic acids is 1. The second-order valence-corrected chi connectivity index (χ2v) is 4.09. The van der Waals surface area contributed by atoms with Crippen molar-refractivity contribution < 1.29 is 9.90 Å². The number of aliphatic hydroxyl groups is 1. The first-order valence-corrected chi connectivity index (χ1v) is 5.42. The maximum absolute atomic E-state index is 11.5. The van der Waals surface area contributed by atoms with Gasteiger partial charge in [-0.2, -0.15) is 0 Å². The van der Waals surface area contributed by atoms with Gasteiger partial charge in [0.25, 0.3) is 0 Å². The van der Waals surface area contributed by atoms with Crippen LogP contribution in [-0.4, -0.2) is 48.2 Å². The number of hydrogen-bond donors (Lipinski definition) is 2. The van der Waals surface area contributed by atoms with Gasteiger partial charge in [-0.15, -0.1) is 6.58 Å². The second-order valence-electron chi connectivity index (χ2n) is 4.09. The maximum atomic E-state index is 11.5. The molecule has 4 heteroatoms. The van der Waals surface area contributed by atoms with E-state index in [0.717, 1.165) is 19.6 Å². The Morgan fingerprint density at radius 3 is 3.07 bits per heavy atom. The van der Waals surface area contributed by atoms with Crippen LogP contribution in [0.25, 0.3) is 0 Å². The average Bonchev–Trinajstić information content (AvgIpc) is 2.54. The Morgan fingerprint density at radius 1 is 1.80 bits per heavy atom. The number of rotatable bonds is 6. The largest absolute Gasteiger partial charge is 0.392 e. The van der Waals surface area contributed by atoms with Crippen molar-refractivity contribution in [1.29, 1.82) is 0 Å². The third kappa shape index (κ3) is 4.01. The van der Waals surface area contributed by atoms with Crippen molar-refractivity contribution in [3.63, 3.8) is 0 Å². The van der Waals surface area contributed by atoms with Crippen LogP contribution in [0.4, 0.5) is 0 Å². The fourth-order valence-electron chi connectivity index (χ4n) is 1.70. The van der Waals surface area contributed by atoms with Crippen LogP contribution in [0.2, 0.25) is 0 Å². The minimum absolute atomic E-state index is 0.207. The minimum Gasteiger partial charge on any atom is -0.392 e. The van der Waals surface area contributed by atoms with Crippen LogP contribution >= 0.6 is 0 Å². The monoisotopic (exact) mass is 212 g/mol. The highest BCUT2D eigenvalue weighted by Gasteiger charge is 2.26. The molecule has 0 bridgehead atoms. The van der Waals surface area contributed by atoms with Gasteiger partial charge in [-0.25, -0.2) is 0 Å². The van der Waals surface area contributed by atoms with Gasteiger partial charge in [-0.05, 0) is 6.92 Å². The van der Waals surface area contributed by atoms with Gasteiger partial charge in [0.15, 0.2) is 0 Å². The van der Waals surface area contributed by atoms with Gasteiger partial charge in [0.2, 0.25) is 5.91 Å². The molecule has 2 unspecified atom stereocenters. The summed E-state index contributed by atoms with van der Waals surface area (Å²) >= 11 is 0. The maximum Gasteiger partial charge on any atom is 0.223 e. The van der Waals surface area contributed by atoms with Gasteiger partial charge in [-0.3, -0.25) is 4.79 Å². The molecule has 1 amide bonds. The van der Waals surface area contributed by atoms with E-state index >= 15 is 0 Å². The predicted octanol–water partition coefficient (Wildman–Crippen LogP) is -0.00870. The molecular weight excluding hydrogens is 192 g/mol. The lowest BCUT2D eigenvalue weighted by Gasteiger charge is -2.16. The number of amides is 1. The van der Waals surface area contributed by atoms with Gasteiger partial charge in [-0.1, -0.05) is 6.08 Å². The zero-order valence-corrected chi connectivity index (χ0v) is 9.28. The predicted molar refractivity (Wildman–Crippen MR) is 59.4 cm³/mol. The zero-order chi connectivity index (χ0) is 11.3. The van der Waals surface area contributed by atoms with Gasteiger partial charge in [0, 0.05) is 38.5 Å². The van der Waals surface area contributed by atoms with E-state index in [-0.39, 0.29) is 12.0 Å². The summed E-state index contributed by atoms with van der Waals surface area (Å²) < 4.78 is 0. The highest BCUT2D eigenvalue weighted by atomic mass is 16.3. The molecule has 1 saturated heterocycles. The molecule has 1 aliphatic heterocycles. The molecule has 2 atom stereocenters. The number of aliphatic hydroxyl groups excluding tert-OH is 1. The average molecular weight is 212 g/mol. The standard InChI is InChI=1S/C11H20N2O2/c1-3-10-6-11(15)13(8-10)5-4-12-7-9(2)14/h3,9-10,12,14H,1,4-8H2,2H3. The van der Waals surface area contributed by atoms with E-state index in [0.29, 0.717) is 18.9 Å². The van der Waals surface area contributed by atoms with Crippen LogP contribution in [-0.2, 0) is 4.79 Å². The SMILES string of the molecule is C=CC1CC(=O)N(CCNCC(C)O)C1. The summed E-state index contributed by atoms with van der Waals surface area (Å²) in [5, 5.41) is 12.1. The van der Waals surface area contributed by atoms with E-state index in [2.05, 4.69) is 11.9 Å². The number of nitrogens with one attached hydrogen (secondary N) is 1. The molecular formula is C11H20N2O2. The van der Waals surface area contributed by atoms with Gasteiger partial charge in [0.05, 0.1) is 6.10 Å². The van der Waals surface area contributed by atoms with E-state index in [9.17, 15) is 4.79 Å². The molecule has 0 radical (unpaired) electrons. The molecule has 1 heterocycles. The van der Waals surface area contributed by atoms with Crippen LogP contribution in [0.3, 0.4) is 0 Å². The normalized spacial score (nSPS) is 23.2. The summed E-state index contributed by atoms with van der Waals surface area (Å²) in [5.74, 6) is 0.521. The van der Waals surface area contributed by atoms with Crippen LogP contribution in [0.15, 0.2) is 12.7 Å². The van der Waals surface area contributed by atoms with E-state index in [1.807, 2.05) is 11.0 Å². The molecule has 0 aliphatic carbocycles. The summed E-state index contributed by atoms with van der Waals surface area (Å²) in [7, 11) is 0. The lowest BCUT2D eigenvalue weighted by Crippen LogP contribution is -2.35. The Kier molecular flexibility index (Phi) is 4.78. The quantitative estimate of drug-likeness (QED) is 0.481. The van der Waals surface area contributed by atoms with Crippen molar-refractivity contribution in [1.82, 2.24) is 10.2 Å². The van der Waals surface area contributed by atoms with Crippen molar-refractivity contribution in [3.05, 3.63) is 12.7 Å². The first kappa shape index (κ1) is 12.2. The van der Waals surface area contributed by atoms with Crippen molar-refractivity contribution in [2.75, 3.05) is 26.2 Å². The molecule has 2 N–H and O–H groups in total. The van der Waals surface area contributed by atoms with Crippen LogP contribution < -0.4 is 5.32 Å². The Morgan fingerprint density at radius 2 is 2.53 bits per heavy atom. The molecule has 15 heavy (non-hydrogen) atoms. The fourth-order valence-corrected chi connectivity index (χ4v) is 1.70. The third-order valence-corrected chi connectivity index (χ3v) is 2.58. The van der Waals surface area contributed by atoms with E-state index < -0.39 is 0 Å². The van der Waals surface area contributed by atoms with Crippen molar-refractivity contribution in [3.8, 4) is 0 Å². The van der Waals surface area contributed by atoms with Crippen molar-refractivity contribution in [2.45, 2.75) is 19.4 Å². The van der Waals surface area contributed by atoms with E-state index in [1.165, 1.54) is 0 Å². The van der Waals surface area contributed by atoms with Crippen molar-refractivity contribution in [2.24, 2.45) is 5.92 Å². The number of nitrogens with zero attached hydrogens (tertiary/aromatic N) is 1. The Hall–Kier alpha value is -0.870. The minimum atomic E-state index is -0.333. The first-order chi connectivity index (χ1) is 7.13. The molecule has 1 rings (SSSR count). The van der Waals surface area contributed by atoms with Crippen molar-refractivity contribution >= 4 is 5.91 Å². The Labute approximate surface area is 91.0 Å². The summed E-state index contributed by atoms with van der Waals surface area (Å²) in [6, 6.07) is 0. The molecule has 0 aromatic carbocycles. The lowest BCUT2D eigenvalue weighted by atomic mass is 10.1. The molecule has 0 spiro atoms. The molecule has 1 fully saturated rings. The lowest BCUT2D eigenvalue weighted by molar-refractivity contribution is -0.127. The highest BCUT2D eigenvalue weighted by Crippen LogP contribution is 2.17. The fraction of sp³-hybridized carbons (Fsp3) is 0.727. The van der Waals surface area contributed by atoms with Crippen LogP contribution in [0, 0.1) is 5.92 Å². The summed E-state index contributed by atoms with van der Waals surface area (Å²) in [6.07, 6.45) is 2.11. The molecule has 4 nitrogen and oxygen atoms in total. The van der Waals surface area contributed by atoms with Gasteiger partial charge in [0.1, 0.15) is 0 Å². The summed E-state index contributed by atoms with van der Waals surface area (Å²) in [4.78, 5) is 13.3. The molecule has 0 saturated carbocycles. The number of carbonyl (C=O) groups is 1. The zero-order valence-electron chi connectivity index (χ0n) is 9.28. The van der Waals surface area contributed by atoms with E-state index in [1.54, 1.807) is 6.92 Å². The smallest absolute Gasteiger partial charge is 0.223 e. The molecule has 1 aliphatic rings. The van der Waals surface area contributed by atoms with Crippen LogP contribution in [0.1, 0.15) is 13.3 Å². The summed E-state index contributed by atoms with van der Waals surface area (Å²) in [6.45, 7) is 8.26. The molecule has 0 aromatic rings. The Balaban J connectivity index is 2.16.